The number of carbonyl (C=O) groups is 4. The Balaban J connectivity index is 1.79. The first-order chi connectivity index (χ1) is 13.9. The van der Waals surface area contributed by atoms with Gasteiger partial charge in [0.25, 0.3) is 5.91 Å². The molecule has 0 radical (unpaired) electrons. The number of likely N-dealkylation sites (N-methyl/N-ethyl adjacent to an activating group) is 1. The summed E-state index contributed by atoms with van der Waals surface area (Å²) in [7, 11) is 3.18. The second kappa shape index (κ2) is 8.55. The second-order valence-electron chi connectivity index (χ2n) is 6.77. The van der Waals surface area contributed by atoms with E-state index in [0.717, 1.165) is 4.90 Å². The summed E-state index contributed by atoms with van der Waals surface area (Å²) in [5.74, 6) is -1.36. The predicted molar refractivity (Wildman–Crippen MR) is 104 cm³/mol. The van der Waals surface area contributed by atoms with Crippen LogP contribution in [0.2, 0.25) is 0 Å². The zero-order valence-corrected chi connectivity index (χ0v) is 16.1. The van der Waals surface area contributed by atoms with Gasteiger partial charge in [-0.15, -0.1) is 0 Å². The molecule has 150 valence electrons. The highest BCUT2D eigenvalue weighted by Gasteiger charge is 2.29. The smallest absolute Gasteiger partial charge is 0.339 e. The van der Waals surface area contributed by atoms with Crippen LogP contribution in [0.5, 0.6) is 0 Å². The predicted octanol–water partition coefficient (Wildman–Crippen LogP) is 1.72. The van der Waals surface area contributed by atoms with Crippen LogP contribution in [0.3, 0.4) is 0 Å². The van der Waals surface area contributed by atoms with Crippen molar-refractivity contribution in [3.8, 4) is 0 Å². The van der Waals surface area contributed by atoms with Crippen molar-refractivity contribution in [2.24, 2.45) is 0 Å². The van der Waals surface area contributed by atoms with Gasteiger partial charge in [0.2, 0.25) is 12.0 Å². The van der Waals surface area contributed by atoms with Crippen molar-refractivity contribution >= 4 is 23.8 Å². The van der Waals surface area contributed by atoms with Gasteiger partial charge in [-0.1, -0.05) is 42.5 Å². The summed E-state index contributed by atoms with van der Waals surface area (Å²) in [6, 6.07) is 14.7. The lowest BCUT2D eigenvalue weighted by Crippen LogP contribution is -2.31. The van der Waals surface area contributed by atoms with E-state index in [1.54, 1.807) is 62.6 Å². The standard InChI is InChI=1S/C21H21N3O5/c1-23(2)19(26)18(15-8-4-3-5-9-15)29-20(27)16-10-6-7-14(11-16)13-24-17(25)12-22-21(24)28/h3-11,18H,12-13H2,1-2H3,(H,22,28). The fraction of sp³-hybridized carbons (Fsp3) is 0.238. The molecule has 4 amide bonds. The van der Waals surface area contributed by atoms with E-state index in [1.807, 2.05) is 6.07 Å². The monoisotopic (exact) mass is 395 g/mol. The second-order valence-corrected chi connectivity index (χ2v) is 6.77. The van der Waals surface area contributed by atoms with Crippen LogP contribution in [0.1, 0.15) is 27.6 Å². The number of benzene rings is 2. The number of nitrogens with one attached hydrogen (secondary N) is 1. The zero-order valence-electron chi connectivity index (χ0n) is 16.1. The number of hydrogen-bond donors (Lipinski definition) is 1. The third-order valence-electron chi connectivity index (χ3n) is 4.43. The lowest BCUT2D eigenvalue weighted by atomic mass is 10.1. The molecule has 0 spiro atoms. The number of nitrogens with zero attached hydrogens (tertiary/aromatic N) is 2. The average molecular weight is 395 g/mol. The third-order valence-corrected chi connectivity index (χ3v) is 4.43. The fourth-order valence-electron chi connectivity index (χ4n) is 2.89. The maximum absolute atomic E-state index is 12.7. The number of imide groups is 1. The van der Waals surface area contributed by atoms with Gasteiger partial charge in [-0.2, -0.15) is 0 Å². The molecule has 1 saturated heterocycles. The van der Waals surface area contributed by atoms with E-state index in [0.29, 0.717) is 11.1 Å². The Labute approximate surface area is 168 Å². The Bertz CT molecular complexity index is 926. The summed E-state index contributed by atoms with van der Waals surface area (Å²) in [6.07, 6.45) is -1.08. The summed E-state index contributed by atoms with van der Waals surface area (Å²) < 4.78 is 5.52. The summed E-state index contributed by atoms with van der Waals surface area (Å²) in [5.41, 5.74) is 1.39. The van der Waals surface area contributed by atoms with Crippen molar-refractivity contribution in [2.75, 3.05) is 20.6 Å². The van der Waals surface area contributed by atoms with Crippen molar-refractivity contribution in [1.82, 2.24) is 15.1 Å². The van der Waals surface area contributed by atoms with E-state index in [9.17, 15) is 19.2 Å². The van der Waals surface area contributed by atoms with Crippen LogP contribution in [-0.4, -0.2) is 54.3 Å². The average Bonchev–Trinajstić information content (AvgIpc) is 3.04. The molecule has 0 saturated carbocycles. The maximum atomic E-state index is 12.7. The molecule has 8 heteroatoms. The Morgan fingerprint density at radius 2 is 1.83 bits per heavy atom. The van der Waals surface area contributed by atoms with Crippen LogP contribution in [0, 0.1) is 0 Å². The Morgan fingerprint density at radius 1 is 1.10 bits per heavy atom. The minimum atomic E-state index is -1.08. The van der Waals surface area contributed by atoms with Crippen molar-refractivity contribution in [3.05, 3.63) is 71.3 Å². The van der Waals surface area contributed by atoms with Crippen LogP contribution in [-0.2, 0) is 20.9 Å². The minimum absolute atomic E-state index is 0.0357. The number of ether oxygens (including phenoxy) is 1. The molecule has 1 aliphatic rings. The molecule has 0 aromatic heterocycles. The molecule has 1 atom stereocenters. The normalized spacial score (nSPS) is 14.3. The van der Waals surface area contributed by atoms with Gasteiger partial charge >= 0.3 is 12.0 Å². The molecular formula is C21H21N3O5. The van der Waals surface area contributed by atoms with Gasteiger partial charge < -0.3 is 15.0 Å². The first-order valence-electron chi connectivity index (χ1n) is 9.01. The highest BCUT2D eigenvalue weighted by molar-refractivity contribution is 6.02. The summed E-state index contributed by atoms with van der Waals surface area (Å²) in [4.78, 5) is 51.2. The van der Waals surface area contributed by atoms with E-state index in [2.05, 4.69) is 5.32 Å². The van der Waals surface area contributed by atoms with E-state index in [-0.39, 0.29) is 30.5 Å². The van der Waals surface area contributed by atoms with Crippen molar-refractivity contribution < 1.29 is 23.9 Å². The summed E-state index contributed by atoms with van der Waals surface area (Å²) in [6.45, 7) is 0.0104. The Hall–Kier alpha value is -3.68. The number of amides is 4. The topological polar surface area (TPSA) is 96.0 Å². The number of esters is 1. The summed E-state index contributed by atoms with van der Waals surface area (Å²) >= 11 is 0. The van der Waals surface area contributed by atoms with Crippen molar-refractivity contribution in [2.45, 2.75) is 12.6 Å². The van der Waals surface area contributed by atoms with E-state index >= 15 is 0 Å². The molecule has 8 nitrogen and oxygen atoms in total. The first-order valence-corrected chi connectivity index (χ1v) is 9.01. The Morgan fingerprint density at radius 3 is 2.45 bits per heavy atom. The van der Waals surface area contributed by atoms with Gasteiger partial charge in [-0.05, 0) is 17.7 Å². The minimum Gasteiger partial charge on any atom is -0.444 e. The molecule has 2 aromatic rings. The van der Waals surface area contributed by atoms with Gasteiger partial charge in [0.1, 0.15) is 0 Å². The van der Waals surface area contributed by atoms with Gasteiger partial charge in [0, 0.05) is 19.7 Å². The van der Waals surface area contributed by atoms with E-state index in [4.69, 9.17) is 4.74 Å². The van der Waals surface area contributed by atoms with Gasteiger partial charge in [0.15, 0.2) is 0 Å². The fourth-order valence-corrected chi connectivity index (χ4v) is 2.89. The number of urea groups is 1. The molecule has 1 aliphatic heterocycles. The van der Waals surface area contributed by atoms with Crippen LogP contribution in [0.25, 0.3) is 0 Å². The largest absolute Gasteiger partial charge is 0.444 e. The number of carbonyl (C=O) groups excluding carboxylic acids is 4. The molecule has 1 N–H and O–H groups in total. The Kier molecular flexibility index (Phi) is 5.92. The van der Waals surface area contributed by atoms with Crippen LogP contribution >= 0.6 is 0 Å². The first kappa shape index (κ1) is 20.1. The lowest BCUT2D eigenvalue weighted by Gasteiger charge is -2.21. The molecule has 2 aromatic carbocycles. The van der Waals surface area contributed by atoms with Crippen LogP contribution < -0.4 is 5.32 Å². The molecule has 1 fully saturated rings. The molecule has 1 heterocycles. The number of hydrogen-bond acceptors (Lipinski definition) is 5. The van der Waals surface area contributed by atoms with Crippen molar-refractivity contribution in [3.63, 3.8) is 0 Å². The lowest BCUT2D eigenvalue weighted by molar-refractivity contribution is -0.138. The molecule has 29 heavy (non-hydrogen) atoms. The third kappa shape index (κ3) is 4.60. The molecular weight excluding hydrogens is 374 g/mol. The summed E-state index contributed by atoms with van der Waals surface area (Å²) in [5, 5.41) is 2.45. The molecule has 0 aliphatic carbocycles. The zero-order chi connectivity index (χ0) is 21.0. The van der Waals surface area contributed by atoms with Crippen LogP contribution in [0.15, 0.2) is 54.6 Å². The van der Waals surface area contributed by atoms with E-state index in [1.165, 1.54) is 4.90 Å². The highest BCUT2D eigenvalue weighted by atomic mass is 16.5. The highest BCUT2D eigenvalue weighted by Crippen LogP contribution is 2.22. The molecule has 1 unspecified atom stereocenters. The van der Waals surface area contributed by atoms with Gasteiger partial charge in [0.05, 0.1) is 18.7 Å². The van der Waals surface area contributed by atoms with Gasteiger partial charge in [-0.25, -0.2) is 9.59 Å². The molecule has 0 bridgehead atoms. The van der Waals surface area contributed by atoms with Crippen LogP contribution in [0.4, 0.5) is 4.79 Å². The number of rotatable bonds is 6. The molecule has 3 rings (SSSR count). The quantitative estimate of drug-likeness (QED) is 0.594. The van der Waals surface area contributed by atoms with E-state index < -0.39 is 18.1 Å². The van der Waals surface area contributed by atoms with Gasteiger partial charge in [-0.3, -0.25) is 14.5 Å². The maximum Gasteiger partial charge on any atom is 0.339 e. The van der Waals surface area contributed by atoms with Crippen molar-refractivity contribution in [1.29, 1.82) is 0 Å². The SMILES string of the molecule is CN(C)C(=O)C(OC(=O)c1cccc(CN2C(=O)CNC2=O)c1)c1ccccc1.